The lowest BCUT2D eigenvalue weighted by Crippen LogP contribution is -2.29. The molecule has 0 aliphatic heterocycles. The summed E-state index contributed by atoms with van der Waals surface area (Å²) in [5, 5.41) is 0. The Hall–Kier alpha value is -0.730. The summed E-state index contributed by atoms with van der Waals surface area (Å²) >= 11 is 0. The number of hydrogen-bond donors (Lipinski definition) is 0. The van der Waals surface area contributed by atoms with E-state index in [0.717, 1.165) is 37.5 Å². The molecule has 3 heteroatoms. The summed E-state index contributed by atoms with van der Waals surface area (Å²) in [4.78, 5) is 12.0. The normalized spacial score (nSPS) is 30.8. The maximum atomic E-state index is 12.0. The van der Waals surface area contributed by atoms with Crippen LogP contribution in [0.3, 0.4) is 0 Å². The van der Waals surface area contributed by atoms with Crippen molar-refractivity contribution < 1.29 is 14.3 Å². The second kappa shape index (κ2) is 11.0. The highest BCUT2D eigenvalue weighted by atomic mass is 16.7. The summed E-state index contributed by atoms with van der Waals surface area (Å²) in [5.41, 5.74) is 0. The van der Waals surface area contributed by atoms with E-state index in [2.05, 4.69) is 13.8 Å². The molecule has 3 nitrogen and oxygen atoms in total. The van der Waals surface area contributed by atoms with Gasteiger partial charge in [0.2, 0.25) is 0 Å². The molecule has 0 radical (unpaired) electrons. The van der Waals surface area contributed by atoms with E-state index in [9.17, 15) is 4.79 Å². The summed E-state index contributed by atoms with van der Waals surface area (Å²) in [6, 6.07) is 0. The topological polar surface area (TPSA) is 35.5 Å². The Morgan fingerprint density at radius 2 is 1.08 bits per heavy atom. The second-order valence-corrected chi connectivity index (χ2v) is 8.06. The lowest BCUT2D eigenvalue weighted by atomic mass is 9.84. The van der Waals surface area contributed by atoms with E-state index in [1.807, 2.05) is 0 Å². The van der Waals surface area contributed by atoms with Gasteiger partial charge in [-0.25, -0.2) is 4.79 Å². The lowest BCUT2D eigenvalue weighted by Gasteiger charge is -2.30. The molecule has 24 heavy (non-hydrogen) atoms. The SMILES string of the molecule is CCCCC1CCC(OC(=O)OC2CCC(CCCC)CC2)CC1. The van der Waals surface area contributed by atoms with Crippen LogP contribution in [0.1, 0.15) is 104 Å². The van der Waals surface area contributed by atoms with Gasteiger partial charge in [0.1, 0.15) is 12.2 Å². The third-order valence-electron chi connectivity index (χ3n) is 6.05. The fourth-order valence-corrected chi connectivity index (χ4v) is 4.36. The van der Waals surface area contributed by atoms with Crippen LogP contribution in [-0.4, -0.2) is 18.4 Å². The predicted molar refractivity (Wildman–Crippen MR) is 98.1 cm³/mol. The van der Waals surface area contributed by atoms with Gasteiger partial charge in [-0.3, -0.25) is 0 Å². The maximum Gasteiger partial charge on any atom is 0.508 e. The number of carbonyl (C=O) groups is 1. The van der Waals surface area contributed by atoms with Crippen molar-refractivity contribution in [1.29, 1.82) is 0 Å². The van der Waals surface area contributed by atoms with Crippen LogP contribution >= 0.6 is 0 Å². The van der Waals surface area contributed by atoms with Gasteiger partial charge >= 0.3 is 6.16 Å². The first-order valence-electron chi connectivity index (χ1n) is 10.6. The molecular weight excluding hydrogens is 300 g/mol. The van der Waals surface area contributed by atoms with E-state index >= 15 is 0 Å². The van der Waals surface area contributed by atoms with Crippen molar-refractivity contribution in [2.24, 2.45) is 11.8 Å². The number of unbranched alkanes of at least 4 members (excludes halogenated alkanes) is 2. The summed E-state index contributed by atoms with van der Waals surface area (Å²) in [6.45, 7) is 4.50. The predicted octanol–water partition coefficient (Wildman–Crippen LogP) is 6.64. The van der Waals surface area contributed by atoms with Crippen LogP contribution in [0.4, 0.5) is 4.79 Å². The monoisotopic (exact) mass is 338 g/mol. The quantitative estimate of drug-likeness (QED) is 0.465. The number of carbonyl (C=O) groups excluding carboxylic acids is 1. The molecule has 0 aromatic rings. The minimum absolute atomic E-state index is 0.0938. The minimum Gasteiger partial charge on any atom is -0.431 e. The van der Waals surface area contributed by atoms with Crippen LogP contribution in [0, 0.1) is 11.8 Å². The van der Waals surface area contributed by atoms with E-state index in [1.54, 1.807) is 0 Å². The van der Waals surface area contributed by atoms with Crippen molar-refractivity contribution in [3.63, 3.8) is 0 Å². The summed E-state index contributed by atoms with van der Waals surface area (Å²) in [6.07, 6.45) is 16.6. The average molecular weight is 339 g/mol. The van der Waals surface area contributed by atoms with Gasteiger partial charge in [-0.1, -0.05) is 52.4 Å². The molecule has 0 unspecified atom stereocenters. The molecule has 0 atom stereocenters. The molecular formula is C21H38O3. The summed E-state index contributed by atoms with van der Waals surface area (Å²) in [7, 11) is 0. The van der Waals surface area contributed by atoms with Gasteiger partial charge in [-0.2, -0.15) is 0 Å². The molecule has 0 bridgehead atoms. The Kier molecular flexibility index (Phi) is 8.98. The Morgan fingerprint density at radius 3 is 1.42 bits per heavy atom. The van der Waals surface area contributed by atoms with Gasteiger partial charge in [0.25, 0.3) is 0 Å². The first-order valence-corrected chi connectivity index (χ1v) is 10.6. The third-order valence-corrected chi connectivity index (χ3v) is 6.05. The summed E-state index contributed by atoms with van der Waals surface area (Å²) < 4.78 is 11.2. The fraction of sp³-hybridized carbons (Fsp3) is 0.952. The average Bonchev–Trinajstić information content (AvgIpc) is 2.60. The van der Waals surface area contributed by atoms with Gasteiger partial charge in [-0.15, -0.1) is 0 Å². The van der Waals surface area contributed by atoms with E-state index in [0.29, 0.717) is 0 Å². The van der Waals surface area contributed by atoms with Gasteiger partial charge < -0.3 is 9.47 Å². The highest BCUT2D eigenvalue weighted by Gasteiger charge is 2.27. The van der Waals surface area contributed by atoms with Crippen LogP contribution in [0.25, 0.3) is 0 Å². The molecule has 0 heterocycles. The molecule has 0 amide bonds. The van der Waals surface area contributed by atoms with Crippen LogP contribution in [0.15, 0.2) is 0 Å². The highest BCUT2D eigenvalue weighted by molar-refractivity contribution is 5.60. The lowest BCUT2D eigenvalue weighted by molar-refractivity contribution is -0.0264. The zero-order valence-electron chi connectivity index (χ0n) is 15.9. The van der Waals surface area contributed by atoms with Crippen molar-refractivity contribution in [3.05, 3.63) is 0 Å². The van der Waals surface area contributed by atoms with Gasteiger partial charge in [-0.05, 0) is 63.2 Å². The van der Waals surface area contributed by atoms with Gasteiger partial charge in [0.15, 0.2) is 0 Å². The zero-order chi connectivity index (χ0) is 17.2. The van der Waals surface area contributed by atoms with Crippen LogP contribution in [0.5, 0.6) is 0 Å². The Bertz CT molecular complexity index is 307. The molecule has 2 saturated carbocycles. The first-order chi connectivity index (χ1) is 11.7. The molecule has 2 rings (SSSR count). The zero-order valence-corrected chi connectivity index (χ0v) is 15.9. The number of rotatable bonds is 8. The largest absolute Gasteiger partial charge is 0.508 e. The van der Waals surface area contributed by atoms with Crippen molar-refractivity contribution in [1.82, 2.24) is 0 Å². The maximum absolute atomic E-state index is 12.0. The van der Waals surface area contributed by atoms with Crippen molar-refractivity contribution in [2.45, 2.75) is 116 Å². The molecule has 140 valence electrons. The summed E-state index contributed by atoms with van der Waals surface area (Å²) in [5.74, 6) is 1.69. The second-order valence-electron chi connectivity index (χ2n) is 8.06. The molecule has 0 saturated heterocycles. The first kappa shape index (κ1) is 19.6. The van der Waals surface area contributed by atoms with Crippen LogP contribution in [0.2, 0.25) is 0 Å². The van der Waals surface area contributed by atoms with E-state index < -0.39 is 6.16 Å². The molecule has 0 aromatic carbocycles. The van der Waals surface area contributed by atoms with Crippen LogP contribution in [-0.2, 0) is 9.47 Å². The van der Waals surface area contributed by atoms with E-state index in [1.165, 1.54) is 64.2 Å². The molecule has 2 aliphatic rings. The smallest absolute Gasteiger partial charge is 0.431 e. The Morgan fingerprint density at radius 1 is 0.708 bits per heavy atom. The standard InChI is InChI=1S/C21H38O3/c1-3-5-7-17-9-13-19(14-10-17)23-21(22)24-20-15-11-18(12-16-20)8-6-4-2/h17-20H,3-16H2,1-2H3. The van der Waals surface area contributed by atoms with Crippen molar-refractivity contribution >= 4 is 6.16 Å². The van der Waals surface area contributed by atoms with E-state index in [-0.39, 0.29) is 12.2 Å². The molecule has 2 fully saturated rings. The third kappa shape index (κ3) is 7.03. The number of ether oxygens (including phenoxy) is 2. The molecule has 0 N–H and O–H groups in total. The molecule has 0 spiro atoms. The van der Waals surface area contributed by atoms with Gasteiger partial charge in [0.05, 0.1) is 0 Å². The number of hydrogen-bond acceptors (Lipinski definition) is 3. The van der Waals surface area contributed by atoms with Crippen molar-refractivity contribution in [2.75, 3.05) is 0 Å². The van der Waals surface area contributed by atoms with Crippen LogP contribution < -0.4 is 0 Å². The highest BCUT2D eigenvalue weighted by Crippen LogP contribution is 2.32. The minimum atomic E-state index is -0.413. The Balaban J connectivity index is 1.57. The fourth-order valence-electron chi connectivity index (χ4n) is 4.36. The molecule has 0 aromatic heterocycles. The van der Waals surface area contributed by atoms with Crippen molar-refractivity contribution in [3.8, 4) is 0 Å². The molecule has 2 aliphatic carbocycles. The Labute approximate surface area is 148 Å². The van der Waals surface area contributed by atoms with E-state index in [4.69, 9.17) is 9.47 Å². The van der Waals surface area contributed by atoms with Gasteiger partial charge in [0, 0.05) is 0 Å².